The molecule has 1 saturated heterocycles. The molecule has 23 heavy (non-hydrogen) atoms. The standard InChI is InChI=1S/C16H9F3O3S/c17-16(18,19)10-3-1-9(2-4-10)13-6-5-11(22-13)7-14-12(20)8-15(21)23-14/h1-7H,8H2/b14-7-. The fourth-order valence-corrected chi connectivity index (χ4v) is 2.89. The van der Waals surface area contributed by atoms with Crippen LogP contribution in [0, 0.1) is 0 Å². The smallest absolute Gasteiger partial charge is 0.416 e. The van der Waals surface area contributed by atoms with Crippen molar-refractivity contribution >= 4 is 28.7 Å². The lowest BCUT2D eigenvalue weighted by atomic mass is 10.1. The van der Waals surface area contributed by atoms with Crippen molar-refractivity contribution in [1.82, 2.24) is 0 Å². The van der Waals surface area contributed by atoms with E-state index in [1.807, 2.05) is 0 Å². The zero-order valence-electron chi connectivity index (χ0n) is 11.5. The van der Waals surface area contributed by atoms with Gasteiger partial charge in [-0.25, -0.2) is 0 Å². The van der Waals surface area contributed by atoms with Gasteiger partial charge in [-0.1, -0.05) is 12.1 Å². The van der Waals surface area contributed by atoms with Crippen LogP contribution in [-0.4, -0.2) is 10.9 Å². The summed E-state index contributed by atoms with van der Waals surface area (Å²) in [5.41, 5.74) is -0.245. The molecule has 1 aliphatic rings. The summed E-state index contributed by atoms with van der Waals surface area (Å²) in [4.78, 5) is 23.0. The largest absolute Gasteiger partial charge is 0.457 e. The highest BCUT2D eigenvalue weighted by Gasteiger charge is 2.30. The molecule has 0 saturated carbocycles. The van der Waals surface area contributed by atoms with Gasteiger partial charge in [0.05, 0.1) is 16.9 Å². The molecule has 0 N–H and O–H groups in total. The molecule has 7 heteroatoms. The lowest BCUT2D eigenvalue weighted by Crippen LogP contribution is -2.03. The van der Waals surface area contributed by atoms with Gasteiger partial charge in [-0.15, -0.1) is 0 Å². The van der Waals surface area contributed by atoms with Crippen molar-refractivity contribution < 1.29 is 27.2 Å². The number of halogens is 3. The Bertz CT molecular complexity index is 801. The first-order chi connectivity index (χ1) is 10.8. The van der Waals surface area contributed by atoms with Crippen molar-refractivity contribution in [2.24, 2.45) is 0 Å². The summed E-state index contributed by atoms with van der Waals surface area (Å²) in [7, 11) is 0. The molecular weight excluding hydrogens is 329 g/mol. The first-order valence-electron chi connectivity index (χ1n) is 6.56. The molecule has 118 valence electrons. The quantitative estimate of drug-likeness (QED) is 0.596. The Balaban J connectivity index is 1.84. The Morgan fingerprint density at radius 1 is 1.04 bits per heavy atom. The molecule has 0 bridgehead atoms. The van der Waals surface area contributed by atoms with E-state index >= 15 is 0 Å². The third kappa shape index (κ3) is 3.39. The minimum atomic E-state index is -4.39. The van der Waals surface area contributed by atoms with Gasteiger partial charge in [-0.05, 0) is 42.1 Å². The van der Waals surface area contributed by atoms with Gasteiger partial charge in [0, 0.05) is 5.56 Å². The zero-order valence-corrected chi connectivity index (χ0v) is 12.3. The molecule has 2 heterocycles. The van der Waals surface area contributed by atoms with Crippen LogP contribution in [0.5, 0.6) is 0 Å². The van der Waals surface area contributed by atoms with Gasteiger partial charge < -0.3 is 4.42 Å². The van der Waals surface area contributed by atoms with Crippen molar-refractivity contribution in [3.63, 3.8) is 0 Å². The maximum atomic E-state index is 12.5. The van der Waals surface area contributed by atoms with Crippen molar-refractivity contribution in [3.05, 3.63) is 52.6 Å². The third-order valence-corrected chi connectivity index (χ3v) is 4.14. The van der Waals surface area contributed by atoms with Gasteiger partial charge in [-0.3, -0.25) is 9.59 Å². The van der Waals surface area contributed by atoms with Crippen molar-refractivity contribution in [2.75, 3.05) is 0 Å². The first kappa shape index (κ1) is 15.6. The van der Waals surface area contributed by atoms with E-state index in [2.05, 4.69) is 0 Å². The van der Waals surface area contributed by atoms with Crippen LogP contribution in [0.1, 0.15) is 17.7 Å². The van der Waals surface area contributed by atoms with Crippen molar-refractivity contribution in [3.8, 4) is 11.3 Å². The van der Waals surface area contributed by atoms with Crippen LogP contribution >= 0.6 is 11.8 Å². The van der Waals surface area contributed by atoms with Gasteiger partial charge in [0.2, 0.25) is 5.12 Å². The number of hydrogen-bond donors (Lipinski definition) is 0. The average molecular weight is 338 g/mol. The van der Waals surface area contributed by atoms with E-state index in [1.165, 1.54) is 18.2 Å². The topological polar surface area (TPSA) is 47.3 Å². The molecule has 0 radical (unpaired) electrons. The number of thioether (sulfide) groups is 1. The second-order valence-electron chi connectivity index (χ2n) is 4.86. The summed E-state index contributed by atoms with van der Waals surface area (Å²) >= 11 is 0.866. The zero-order chi connectivity index (χ0) is 16.6. The Morgan fingerprint density at radius 3 is 2.30 bits per heavy atom. The van der Waals surface area contributed by atoms with Gasteiger partial charge >= 0.3 is 6.18 Å². The Hall–Kier alpha value is -2.28. The summed E-state index contributed by atoms with van der Waals surface area (Å²) < 4.78 is 43.1. The third-order valence-electron chi connectivity index (χ3n) is 3.20. The van der Waals surface area contributed by atoms with Gasteiger partial charge in [0.25, 0.3) is 0 Å². The van der Waals surface area contributed by atoms with Crippen LogP contribution < -0.4 is 0 Å². The fourth-order valence-electron chi connectivity index (χ4n) is 2.08. The van der Waals surface area contributed by atoms with Crippen LogP contribution in [0.2, 0.25) is 0 Å². The van der Waals surface area contributed by atoms with Gasteiger partial charge in [-0.2, -0.15) is 13.2 Å². The van der Waals surface area contributed by atoms with Crippen LogP contribution in [0.4, 0.5) is 13.2 Å². The highest BCUT2D eigenvalue weighted by molar-refractivity contribution is 8.18. The summed E-state index contributed by atoms with van der Waals surface area (Å²) in [5, 5.41) is -0.212. The highest BCUT2D eigenvalue weighted by atomic mass is 32.2. The van der Waals surface area contributed by atoms with Gasteiger partial charge in [0.15, 0.2) is 5.78 Å². The molecule has 0 spiro atoms. The van der Waals surface area contributed by atoms with Crippen molar-refractivity contribution in [2.45, 2.75) is 12.6 Å². The van der Waals surface area contributed by atoms with Crippen molar-refractivity contribution in [1.29, 1.82) is 0 Å². The average Bonchev–Trinajstić information content (AvgIpc) is 3.06. The second kappa shape index (κ2) is 5.73. The SMILES string of the molecule is O=C1CC(=O)/C(=C/c2ccc(-c3ccc(C(F)(F)F)cc3)o2)S1. The van der Waals surface area contributed by atoms with Crippen LogP contribution in [0.25, 0.3) is 17.4 Å². The summed E-state index contributed by atoms with van der Waals surface area (Å²) in [6, 6.07) is 7.78. The Labute approximate surface area is 133 Å². The molecule has 3 nitrogen and oxygen atoms in total. The number of carbonyl (C=O) groups excluding carboxylic acids is 2. The van der Waals surface area contributed by atoms with Gasteiger partial charge in [0.1, 0.15) is 11.5 Å². The molecule has 1 fully saturated rings. The lowest BCUT2D eigenvalue weighted by molar-refractivity contribution is -0.137. The minimum Gasteiger partial charge on any atom is -0.457 e. The maximum absolute atomic E-state index is 12.5. The number of Topliss-reactive ketones (excluding diaryl/α,β-unsaturated/α-hetero) is 1. The number of ketones is 1. The molecule has 1 aromatic heterocycles. The number of furan rings is 1. The summed E-state index contributed by atoms with van der Waals surface area (Å²) in [5.74, 6) is 0.491. The molecule has 1 aliphatic heterocycles. The molecule has 0 amide bonds. The number of hydrogen-bond acceptors (Lipinski definition) is 4. The second-order valence-corrected chi connectivity index (χ2v) is 5.96. The number of allylic oxidation sites excluding steroid dienone is 1. The van der Waals surface area contributed by atoms with E-state index in [1.54, 1.807) is 12.1 Å². The molecule has 0 aliphatic carbocycles. The predicted molar refractivity (Wildman–Crippen MR) is 79.3 cm³/mol. The van der Waals surface area contributed by atoms with Crippen LogP contribution in [-0.2, 0) is 15.8 Å². The molecule has 0 unspecified atom stereocenters. The Kier molecular flexibility index (Phi) is 3.89. The van der Waals surface area contributed by atoms with E-state index < -0.39 is 11.7 Å². The molecule has 3 rings (SSSR count). The normalized spacial score (nSPS) is 17.3. The number of rotatable bonds is 2. The monoisotopic (exact) mass is 338 g/mol. The van der Waals surface area contributed by atoms with Crippen LogP contribution in [0.15, 0.2) is 45.7 Å². The van der Waals surface area contributed by atoms with Crippen LogP contribution in [0.3, 0.4) is 0 Å². The van der Waals surface area contributed by atoms with E-state index in [-0.39, 0.29) is 17.3 Å². The van der Waals surface area contributed by atoms with E-state index in [4.69, 9.17) is 4.42 Å². The number of alkyl halides is 3. The molecular formula is C16H9F3O3S. The number of carbonyl (C=O) groups is 2. The molecule has 2 aromatic rings. The molecule has 0 atom stereocenters. The lowest BCUT2D eigenvalue weighted by Gasteiger charge is -2.06. The Morgan fingerprint density at radius 2 is 1.74 bits per heavy atom. The predicted octanol–water partition coefficient (Wildman–Crippen LogP) is 4.54. The first-order valence-corrected chi connectivity index (χ1v) is 7.37. The summed E-state index contributed by atoms with van der Waals surface area (Å²) in [6.45, 7) is 0. The highest BCUT2D eigenvalue weighted by Crippen LogP contribution is 2.33. The fraction of sp³-hybridized carbons (Fsp3) is 0.125. The van der Waals surface area contributed by atoms with E-state index in [9.17, 15) is 22.8 Å². The summed E-state index contributed by atoms with van der Waals surface area (Å²) in [6.07, 6.45) is -3.04. The van der Waals surface area contributed by atoms with E-state index in [0.29, 0.717) is 22.0 Å². The maximum Gasteiger partial charge on any atom is 0.416 e. The minimum absolute atomic E-state index is 0.122. The molecule has 1 aromatic carbocycles. The van der Waals surface area contributed by atoms with E-state index in [0.717, 1.165) is 23.9 Å². The number of benzene rings is 1.